The maximum atomic E-state index is 5.79. The van der Waals surface area contributed by atoms with Crippen molar-refractivity contribution in [1.82, 2.24) is 9.97 Å². The molecule has 0 amide bonds. The van der Waals surface area contributed by atoms with Crippen molar-refractivity contribution in [2.45, 2.75) is 33.2 Å². The largest absolute Gasteiger partial charge is 0.367 e. The predicted octanol–water partition coefficient (Wildman–Crippen LogP) is 2.65. The molecule has 0 aromatic carbocycles. The molecule has 0 aliphatic rings. The maximum absolute atomic E-state index is 5.79. The Morgan fingerprint density at radius 2 is 2.23 bits per heavy atom. The van der Waals surface area contributed by atoms with Crippen LogP contribution >= 0.6 is 11.6 Å². The molecular weight excluding hydrogens is 186 g/mol. The molecule has 0 fully saturated rings. The van der Waals surface area contributed by atoms with Crippen LogP contribution in [-0.4, -0.2) is 16.0 Å². The van der Waals surface area contributed by atoms with Crippen LogP contribution in [0.25, 0.3) is 0 Å². The summed E-state index contributed by atoms with van der Waals surface area (Å²) in [6.07, 6.45) is 1.06. The molecule has 0 bridgehead atoms. The first-order valence-electron chi connectivity index (χ1n) is 4.39. The molecule has 0 saturated heterocycles. The highest BCUT2D eigenvalue weighted by atomic mass is 35.5. The fourth-order valence-corrected chi connectivity index (χ4v) is 1.19. The lowest BCUT2D eigenvalue weighted by Crippen LogP contribution is -2.14. The van der Waals surface area contributed by atoms with E-state index in [4.69, 9.17) is 11.6 Å². The third-order valence-electron chi connectivity index (χ3n) is 1.81. The number of anilines is 1. The van der Waals surface area contributed by atoms with Gasteiger partial charge in [0.05, 0.1) is 0 Å². The van der Waals surface area contributed by atoms with Crippen molar-refractivity contribution in [3.63, 3.8) is 0 Å². The quantitative estimate of drug-likeness (QED) is 0.761. The Bertz CT molecular complexity index is 268. The van der Waals surface area contributed by atoms with Crippen LogP contribution in [0, 0.1) is 6.92 Å². The van der Waals surface area contributed by atoms with Gasteiger partial charge in [-0.3, -0.25) is 0 Å². The molecule has 0 saturated carbocycles. The van der Waals surface area contributed by atoms with Crippen molar-refractivity contribution in [2.75, 3.05) is 5.32 Å². The number of aromatic nitrogens is 2. The topological polar surface area (TPSA) is 37.8 Å². The summed E-state index contributed by atoms with van der Waals surface area (Å²) in [5, 5.41) is 3.72. The molecule has 1 N–H and O–H groups in total. The average molecular weight is 200 g/mol. The van der Waals surface area contributed by atoms with Crippen LogP contribution in [0.2, 0.25) is 5.15 Å². The Balaban J connectivity index is 2.77. The molecule has 3 nitrogen and oxygen atoms in total. The van der Waals surface area contributed by atoms with Gasteiger partial charge in [0.25, 0.3) is 0 Å². The second-order valence-electron chi connectivity index (χ2n) is 3.08. The SMILES string of the molecule is CC[C@@H](C)Nc1cc(Cl)nc(C)n1. The Labute approximate surface area is 83.5 Å². The first kappa shape index (κ1) is 10.3. The predicted molar refractivity (Wildman–Crippen MR) is 55.2 cm³/mol. The molecule has 0 aliphatic heterocycles. The van der Waals surface area contributed by atoms with Crippen LogP contribution in [0.1, 0.15) is 26.1 Å². The molecule has 1 heterocycles. The number of hydrogen-bond acceptors (Lipinski definition) is 3. The molecule has 0 radical (unpaired) electrons. The Morgan fingerprint density at radius 3 is 2.77 bits per heavy atom. The molecule has 1 aromatic heterocycles. The highest BCUT2D eigenvalue weighted by molar-refractivity contribution is 6.29. The van der Waals surface area contributed by atoms with Gasteiger partial charge in [0, 0.05) is 12.1 Å². The minimum atomic E-state index is 0.408. The number of rotatable bonds is 3. The van der Waals surface area contributed by atoms with Crippen molar-refractivity contribution in [2.24, 2.45) is 0 Å². The second-order valence-corrected chi connectivity index (χ2v) is 3.46. The third kappa shape index (κ3) is 3.19. The van der Waals surface area contributed by atoms with Crippen LogP contribution in [0.4, 0.5) is 5.82 Å². The summed E-state index contributed by atoms with van der Waals surface area (Å²) in [4.78, 5) is 8.20. The van der Waals surface area contributed by atoms with E-state index in [9.17, 15) is 0 Å². The minimum absolute atomic E-state index is 0.408. The number of hydrogen-bond donors (Lipinski definition) is 1. The van der Waals surface area contributed by atoms with Gasteiger partial charge in [-0.15, -0.1) is 0 Å². The van der Waals surface area contributed by atoms with Crippen LogP contribution in [0.3, 0.4) is 0 Å². The Hall–Kier alpha value is -0.830. The van der Waals surface area contributed by atoms with Gasteiger partial charge in [-0.25, -0.2) is 9.97 Å². The van der Waals surface area contributed by atoms with Gasteiger partial charge in [-0.2, -0.15) is 0 Å². The molecule has 72 valence electrons. The first-order chi connectivity index (χ1) is 6.11. The molecule has 1 atom stereocenters. The van der Waals surface area contributed by atoms with Crippen molar-refractivity contribution in [1.29, 1.82) is 0 Å². The first-order valence-corrected chi connectivity index (χ1v) is 4.77. The summed E-state index contributed by atoms with van der Waals surface area (Å²) in [7, 11) is 0. The summed E-state index contributed by atoms with van der Waals surface area (Å²) in [6.45, 7) is 6.05. The van der Waals surface area contributed by atoms with E-state index in [1.54, 1.807) is 6.07 Å². The van der Waals surface area contributed by atoms with E-state index >= 15 is 0 Å². The van der Waals surface area contributed by atoms with Gasteiger partial charge >= 0.3 is 0 Å². The molecular formula is C9H14ClN3. The highest BCUT2D eigenvalue weighted by Crippen LogP contribution is 2.12. The van der Waals surface area contributed by atoms with Gasteiger partial charge in [-0.1, -0.05) is 18.5 Å². The molecule has 13 heavy (non-hydrogen) atoms. The zero-order valence-electron chi connectivity index (χ0n) is 8.13. The number of nitrogens with one attached hydrogen (secondary N) is 1. The van der Waals surface area contributed by atoms with Crippen molar-refractivity contribution in [3.8, 4) is 0 Å². The molecule has 1 rings (SSSR count). The lowest BCUT2D eigenvalue weighted by molar-refractivity contribution is 0.757. The van der Waals surface area contributed by atoms with E-state index in [2.05, 4.69) is 29.1 Å². The summed E-state index contributed by atoms with van der Waals surface area (Å²) in [5.74, 6) is 1.49. The molecule has 0 spiro atoms. The van der Waals surface area contributed by atoms with Crippen LogP contribution in [0.15, 0.2) is 6.07 Å². The normalized spacial score (nSPS) is 12.6. The van der Waals surface area contributed by atoms with Gasteiger partial charge in [-0.05, 0) is 20.3 Å². The van der Waals surface area contributed by atoms with E-state index < -0.39 is 0 Å². The van der Waals surface area contributed by atoms with Gasteiger partial charge in [0.2, 0.25) is 0 Å². The molecule has 0 unspecified atom stereocenters. The fourth-order valence-electron chi connectivity index (χ4n) is 0.960. The monoisotopic (exact) mass is 199 g/mol. The lowest BCUT2D eigenvalue weighted by atomic mass is 10.2. The summed E-state index contributed by atoms with van der Waals surface area (Å²) < 4.78 is 0. The van der Waals surface area contributed by atoms with Crippen LogP contribution in [-0.2, 0) is 0 Å². The molecule has 1 aromatic rings. The third-order valence-corrected chi connectivity index (χ3v) is 2.01. The van der Waals surface area contributed by atoms with E-state index in [1.165, 1.54) is 0 Å². The Morgan fingerprint density at radius 1 is 1.54 bits per heavy atom. The second kappa shape index (κ2) is 4.42. The number of aryl methyl sites for hydroxylation is 1. The zero-order valence-corrected chi connectivity index (χ0v) is 8.89. The molecule has 0 aliphatic carbocycles. The van der Waals surface area contributed by atoms with E-state index in [0.717, 1.165) is 12.2 Å². The van der Waals surface area contributed by atoms with Gasteiger partial charge in [0.15, 0.2) is 0 Å². The van der Waals surface area contributed by atoms with Crippen molar-refractivity contribution in [3.05, 3.63) is 17.0 Å². The van der Waals surface area contributed by atoms with Crippen LogP contribution in [0.5, 0.6) is 0 Å². The smallest absolute Gasteiger partial charge is 0.134 e. The summed E-state index contributed by atoms with van der Waals surface area (Å²) in [6, 6.07) is 2.14. The van der Waals surface area contributed by atoms with Crippen molar-refractivity contribution < 1.29 is 0 Å². The van der Waals surface area contributed by atoms with E-state index in [-0.39, 0.29) is 0 Å². The summed E-state index contributed by atoms with van der Waals surface area (Å²) >= 11 is 5.79. The number of halogens is 1. The van der Waals surface area contributed by atoms with E-state index in [0.29, 0.717) is 17.0 Å². The van der Waals surface area contributed by atoms with Gasteiger partial charge < -0.3 is 5.32 Å². The zero-order chi connectivity index (χ0) is 9.84. The van der Waals surface area contributed by atoms with Crippen LogP contribution < -0.4 is 5.32 Å². The summed E-state index contributed by atoms with van der Waals surface area (Å²) in [5.41, 5.74) is 0. The van der Waals surface area contributed by atoms with Gasteiger partial charge in [0.1, 0.15) is 16.8 Å². The minimum Gasteiger partial charge on any atom is -0.367 e. The fraction of sp³-hybridized carbons (Fsp3) is 0.556. The Kier molecular flexibility index (Phi) is 3.48. The standard InChI is InChI=1S/C9H14ClN3/c1-4-6(2)11-9-5-8(10)12-7(3)13-9/h5-6H,4H2,1-3H3,(H,11,12,13)/t6-/m1/s1. The highest BCUT2D eigenvalue weighted by Gasteiger charge is 2.02. The number of nitrogens with zero attached hydrogens (tertiary/aromatic N) is 2. The average Bonchev–Trinajstić information content (AvgIpc) is 2.02. The van der Waals surface area contributed by atoms with E-state index in [1.807, 2.05) is 6.92 Å². The molecule has 4 heteroatoms. The maximum Gasteiger partial charge on any atom is 0.134 e. The van der Waals surface area contributed by atoms with Crippen molar-refractivity contribution >= 4 is 17.4 Å². The lowest BCUT2D eigenvalue weighted by Gasteiger charge is -2.12.